The number of benzene rings is 2. The molecule has 3 aromatic rings. The van der Waals surface area contributed by atoms with Gasteiger partial charge in [0.15, 0.2) is 0 Å². The molecule has 28 heavy (non-hydrogen) atoms. The van der Waals surface area contributed by atoms with Gasteiger partial charge < -0.3 is 10.1 Å². The smallest absolute Gasteiger partial charge is 0.209 e. The second-order valence-corrected chi connectivity index (χ2v) is 7.57. The van der Waals surface area contributed by atoms with Gasteiger partial charge in [-0.1, -0.05) is 41.6 Å². The van der Waals surface area contributed by atoms with Crippen molar-refractivity contribution in [3.05, 3.63) is 64.4 Å². The van der Waals surface area contributed by atoms with Gasteiger partial charge in [0.25, 0.3) is 0 Å². The first-order valence-electron chi connectivity index (χ1n) is 8.84. The number of tetrazole rings is 1. The van der Waals surface area contributed by atoms with Crippen LogP contribution in [-0.4, -0.2) is 32.5 Å². The van der Waals surface area contributed by atoms with E-state index in [1.165, 1.54) is 6.07 Å². The van der Waals surface area contributed by atoms with Crippen molar-refractivity contribution in [2.24, 2.45) is 7.05 Å². The SMILES string of the molecule is Cn1nnnc1SCCCNCc1ccc(OCc2c(F)cccc2Cl)cc1. The molecule has 2 aromatic carbocycles. The number of thioether (sulfide) groups is 1. The van der Waals surface area contributed by atoms with Crippen LogP contribution in [0.1, 0.15) is 17.5 Å². The zero-order chi connectivity index (χ0) is 19.8. The first-order valence-corrected chi connectivity index (χ1v) is 10.2. The standard InChI is InChI=1S/C19H21ClFN5OS/c1-26-19(23-24-25-26)28-11-3-10-22-12-14-6-8-15(9-7-14)27-13-16-17(20)4-2-5-18(16)21/h2,4-9,22H,3,10-13H2,1H3. The van der Waals surface area contributed by atoms with Crippen LogP contribution < -0.4 is 10.1 Å². The largest absolute Gasteiger partial charge is 0.489 e. The summed E-state index contributed by atoms with van der Waals surface area (Å²) < 4.78 is 21.1. The number of rotatable bonds is 10. The fourth-order valence-electron chi connectivity index (χ4n) is 2.47. The lowest BCUT2D eigenvalue weighted by molar-refractivity contribution is 0.300. The van der Waals surface area contributed by atoms with E-state index in [1.807, 2.05) is 31.3 Å². The van der Waals surface area contributed by atoms with Crippen molar-refractivity contribution in [3.8, 4) is 5.75 Å². The van der Waals surface area contributed by atoms with E-state index in [0.29, 0.717) is 16.3 Å². The summed E-state index contributed by atoms with van der Waals surface area (Å²) in [4.78, 5) is 0. The van der Waals surface area contributed by atoms with Gasteiger partial charge in [0.2, 0.25) is 5.16 Å². The summed E-state index contributed by atoms with van der Waals surface area (Å²) in [6, 6.07) is 12.3. The maximum Gasteiger partial charge on any atom is 0.209 e. The van der Waals surface area contributed by atoms with Gasteiger partial charge >= 0.3 is 0 Å². The molecule has 0 unspecified atom stereocenters. The van der Waals surface area contributed by atoms with E-state index in [9.17, 15) is 4.39 Å². The summed E-state index contributed by atoms with van der Waals surface area (Å²) in [7, 11) is 1.83. The van der Waals surface area contributed by atoms with Crippen molar-refractivity contribution >= 4 is 23.4 Å². The average molecular weight is 422 g/mol. The minimum atomic E-state index is -0.359. The zero-order valence-electron chi connectivity index (χ0n) is 15.4. The predicted octanol–water partition coefficient (Wildman–Crippen LogP) is 3.85. The topological polar surface area (TPSA) is 64.9 Å². The van der Waals surface area contributed by atoms with Crippen molar-refractivity contribution in [1.29, 1.82) is 0 Å². The Morgan fingerprint density at radius 1 is 1.21 bits per heavy atom. The second-order valence-electron chi connectivity index (χ2n) is 6.10. The quantitative estimate of drug-likeness (QED) is 0.396. The molecule has 148 valence electrons. The molecule has 0 saturated heterocycles. The highest BCUT2D eigenvalue weighted by atomic mass is 35.5. The third-order valence-electron chi connectivity index (χ3n) is 4.01. The minimum absolute atomic E-state index is 0.0990. The summed E-state index contributed by atoms with van der Waals surface area (Å²) in [5.41, 5.74) is 1.52. The molecule has 0 saturated carbocycles. The summed E-state index contributed by atoms with van der Waals surface area (Å²) in [6.07, 6.45) is 1.02. The maximum atomic E-state index is 13.8. The van der Waals surface area contributed by atoms with Crippen LogP contribution in [-0.2, 0) is 20.2 Å². The van der Waals surface area contributed by atoms with E-state index in [1.54, 1.807) is 28.6 Å². The van der Waals surface area contributed by atoms with Crippen LogP contribution in [0.25, 0.3) is 0 Å². The molecule has 0 aliphatic rings. The van der Waals surface area contributed by atoms with Crippen LogP contribution in [0.5, 0.6) is 5.75 Å². The third-order valence-corrected chi connectivity index (χ3v) is 5.46. The van der Waals surface area contributed by atoms with Gasteiger partial charge in [-0.25, -0.2) is 9.07 Å². The van der Waals surface area contributed by atoms with Gasteiger partial charge in [0.1, 0.15) is 18.2 Å². The Kier molecular flexibility index (Phi) is 7.64. The van der Waals surface area contributed by atoms with E-state index < -0.39 is 0 Å². The van der Waals surface area contributed by atoms with Gasteiger partial charge in [0, 0.05) is 24.9 Å². The molecule has 0 radical (unpaired) electrons. The van der Waals surface area contributed by atoms with Crippen LogP contribution in [0, 0.1) is 5.82 Å². The molecule has 1 heterocycles. The van der Waals surface area contributed by atoms with Crippen LogP contribution >= 0.6 is 23.4 Å². The molecule has 6 nitrogen and oxygen atoms in total. The van der Waals surface area contributed by atoms with Crippen molar-refractivity contribution in [2.75, 3.05) is 12.3 Å². The lowest BCUT2D eigenvalue weighted by atomic mass is 10.2. The molecular formula is C19H21ClFN5OS. The minimum Gasteiger partial charge on any atom is -0.489 e. The zero-order valence-corrected chi connectivity index (χ0v) is 17.0. The molecular weight excluding hydrogens is 401 g/mol. The van der Waals surface area contributed by atoms with Crippen molar-refractivity contribution < 1.29 is 9.13 Å². The number of hydrogen-bond acceptors (Lipinski definition) is 6. The maximum absolute atomic E-state index is 13.8. The highest BCUT2D eigenvalue weighted by molar-refractivity contribution is 7.99. The number of aromatic nitrogens is 4. The number of ether oxygens (including phenoxy) is 1. The Balaban J connectivity index is 1.35. The number of aryl methyl sites for hydroxylation is 1. The Labute approximate surface area is 172 Å². The van der Waals surface area contributed by atoms with E-state index in [-0.39, 0.29) is 12.4 Å². The molecule has 0 amide bonds. The second kappa shape index (κ2) is 10.4. The summed E-state index contributed by atoms with van der Waals surface area (Å²) in [6.45, 7) is 1.78. The van der Waals surface area contributed by atoms with Crippen LogP contribution in [0.15, 0.2) is 47.6 Å². The molecule has 1 N–H and O–H groups in total. The van der Waals surface area contributed by atoms with Crippen molar-refractivity contribution in [1.82, 2.24) is 25.5 Å². The van der Waals surface area contributed by atoms with Crippen LogP contribution in [0.3, 0.4) is 0 Å². The summed E-state index contributed by atoms with van der Waals surface area (Å²) >= 11 is 7.65. The highest BCUT2D eigenvalue weighted by Gasteiger charge is 2.07. The number of nitrogens with zero attached hydrogens (tertiary/aromatic N) is 4. The number of hydrogen-bond donors (Lipinski definition) is 1. The highest BCUT2D eigenvalue weighted by Crippen LogP contribution is 2.21. The van der Waals surface area contributed by atoms with Crippen molar-refractivity contribution in [3.63, 3.8) is 0 Å². The molecule has 1 aromatic heterocycles. The fourth-order valence-corrected chi connectivity index (χ4v) is 3.47. The van der Waals surface area contributed by atoms with Crippen molar-refractivity contribution in [2.45, 2.75) is 24.7 Å². The lowest BCUT2D eigenvalue weighted by Gasteiger charge is -2.10. The molecule has 0 aliphatic heterocycles. The fraction of sp³-hybridized carbons (Fsp3) is 0.316. The average Bonchev–Trinajstić information content (AvgIpc) is 3.10. The van der Waals surface area contributed by atoms with E-state index >= 15 is 0 Å². The monoisotopic (exact) mass is 421 g/mol. The van der Waals surface area contributed by atoms with E-state index in [0.717, 1.165) is 36.0 Å². The molecule has 0 atom stereocenters. The van der Waals surface area contributed by atoms with Gasteiger partial charge in [0.05, 0.1) is 5.02 Å². The number of nitrogens with one attached hydrogen (secondary N) is 1. The molecule has 0 spiro atoms. The van der Waals surface area contributed by atoms with E-state index in [4.69, 9.17) is 16.3 Å². The molecule has 0 aliphatic carbocycles. The summed E-state index contributed by atoms with van der Waals surface area (Å²) in [5, 5.41) is 16.0. The predicted molar refractivity (Wildman–Crippen MR) is 108 cm³/mol. The molecule has 0 bridgehead atoms. The normalized spacial score (nSPS) is 11.0. The van der Waals surface area contributed by atoms with Gasteiger partial charge in [-0.05, 0) is 53.2 Å². The molecule has 0 fully saturated rings. The van der Waals surface area contributed by atoms with E-state index in [2.05, 4.69) is 20.8 Å². The van der Waals surface area contributed by atoms with Crippen LogP contribution in [0.2, 0.25) is 5.02 Å². The first-order chi connectivity index (χ1) is 13.6. The Morgan fingerprint density at radius 2 is 2.04 bits per heavy atom. The lowest BCUT2D eigenvalue weighted by Crippen LogP contribution is -2.15. The van der Waals surface area contributed by atoms with Gasteiger partial charge in [-0.3, -0.25) is 0 Å². The molecule has 9 heteroatoms. The Morgan fingerprint density at radius 3 is 2.75 bits per heavy atom. The van der Waals surface area contributed by atoms with Crippen LogP contribution in [0.4, 0.5) is 4.39 Å². The first kappa shape index (κ1) is 20.6. The Bertz CT molecular complexity index is 870. The summed E-state index contributed by atoms with van der Waals surface area (Å²) in [5.74, 6) is 1.27. The molecule has 3 rings (SSSR count). The van der Waals surface area contributed by atoms with Gasteiger partial charge in [-0.2, -0.15) is 0 Å². The number of halogens is 2. The Hall–Kier alpha value is -2.16. The van der Waals surface area contributed by atoms with Gasteiger partial charge in [-0.15, -0.1) is 5.10 Å². The third kappa shape index (κ3) is 5.92.